The maximum absolute atomic E-state index is 14.2. The van der Waals surface area contributed by atoms with Crippen LogP contribution < -0.4 is 15.1 Å². The fourth-order valence-electron chi connectivity index (χ4n) is 6.28. The zero-order chi connectivity index (χ0) is 20.8. The van der Waals surface area contributed by atoms with Gasteiger partial charge in [-0.3, -0.25) is 14.4 Å². The summed E-state index contributed by atoms with van der Waals surface area (Å²) in [5.74, 6) is -3.75. The van der Waals surface area contributed by atoms with E-state index in [0.717, 1.165) is 16.2 Å². The summed E-state index contributed by atoms with van der Waals surface area (Å²) >= 11 is 0. The van der Waals surface area contributed by atoms with Gasteiger partial charge in [-0.15, -0.1) is 0 Å². The Morgan fingerprint density at radius 1 is 1.00 bits per heavy atom. The highest BCUT2D eigenvalue weighted by Crippen LogP contribution is 2.52. The van der Waals surface area contributed by atoms with Crippen LogP contribution in [0.25, 0.3) is 0 Å². The van der Waals surface area contributed by atoms with Gasteiger partial charge in [0.1, 0.15) is 29.5 Å². The van der Waals surface area contributed by atoms with E-state index in [1.807, 2.05) is 0 Å². The summed E-state index contributed by atoms with van der Waals surface area (Å²) in [4.78, 5) is 42.4. The Morgan fingerprint density at radius 2 is 1.73 bits per heavy atom. The van der Waals surface area contributed by atoms with E-state index in [1.165, 1.54) is 42.5 Å². The second-order valence-electron chi connectivity index (χ2n) is 8.47. The van der Waals surface area contributed by atoms with Crippen molar-refractivity contribution >= 4 is 29.1 Å². The van der Waals surface area contributed by atoms with Gasteiger partial charge < -0.3 is 10.2 Å². The average Bonchev–Trinajstić information content (AvgIpc) is 3.42. The first-order chi connectivity index (χ1) is 14.4. The molecule has 8 heteroatoms. The molecule has 4 heterocycles. The number of fused-ring (bicyclic) bond motifs is 7. The minimum Gasteiger partial charge on any atom is -0.320 e. The van der Waals surface area contributed by atoms with Crippen LogP contribution in [0.3, 0.4) is 0 Å². The normalized spacial score (nSPS) is 33.8. The number of carbonyl (C=O) groups excluding carboxylic acids is 3. The molecule has 1 spiro atoms. The van der Waals surface area contributed by atoms with Crippen molar-refractivity contribution in [1.29, 1.82) is 0 Å². The minimum absolute atomic E-state index is 0.197. The maximum Gasteiger partial charge on any atom is 0.291 e. The quantitative estimate of drug-likeness (QED) is 0.689. The molecule has 1 unspecified atom stereocenters. The molecule has 5 atom stereocenters. The molecule has 152 valence electrons. The Hall–Kier alpha value is -3.13. The Morgan fingerprint density at radius 3 is 2.50 bits per heavy atom. The number of imide groups is 1. The molecule has 0 saturated carbocycles. The first kappa shape index (κ1) is 17.7. The molecule has 4 aliphatic rings. The molecule has 3 fully saturated rings. The van der Waals surface area contributed by atoms with Gasteiger partial charge in [0.15, 0.2) is 0 Å². The van der Waals surface area contributed by atoms with E-state index < -0.39 is 34.9 Å². The number of halogens is 2. The van der Waals surface area contributed by atoms with E-state index in [4.69, 9.17) is 0 Å². The van der Waals surface area contributed by atoms with Gasteiger partial charge in [-0.1, -0.05) is 0 Å². The van der Waals surface area contributed by atoms with Crippen molar-refractivity contribution in [3.8, 4) is 0 Å². The number of hydrogen-bond donors (Lipinski definition) is 2. The number of nitrogens with one attached hydrogen (secondary N) is 2. The first-order valence-corrected chi connectivity index (χ1v) is 10.1. The van der Waals surface area contributed by atoms with Gasteiger partial charge >= 0.3 is 0 Å². The van der Waals surface area contributed by atoms with Gasteiger partial charge in [0.2, 0.25) is 17.4 Å². The van der Waals surface area contributed by atoms with Crippen LogP contribution in [0, 0.1) is 23.5 Å². The molecule has 2 aromatic rings. The standard InChI is InChI=1S/C22H17F2N3O3/c23-11-3-6-13(7-4-11)27-19(28)17-16-2-1-9-26(16)22(18(17)20(27)29)14-10-12(24)5-8-15(14)25-21(22)30/h3-8,10,16-18H,1-2,9H2,(H,25,30)/p+1/t16-,17-,18+,22-/m1/s1. The number of quaternary nitrogens is 1. The van der Waals surface area contributed by atoms with Crippen LogP contribution >= 0.6 is 0 Å². The van der Waals surface area contributed by atoms with E-state index in [9.17, 15) is 23.2 Å². The minimum atomic E-state index is -1.33. The summed E-state index contributed by atoms with van der Waals surface area (Å²) in [6, 6.07) is 9.07. The topological polar surface area (TPSA) is 70.9 Å². The molecule has 0 radical (unpaired) electrons. The van der Waals surface area contributed by atoms with E-state index in [1.54, 1.807) is 0 Å². The zero-order valence-corrected chi connectivity index (χ0v) is 15.8. The molecule has 0 bridgehead atoms. The highest BCUT2D eigenvalue weighted by molar-refractivity contribution is 6.25. The van der Waals surface area contributed by atoms with Gasteiger partial charge in [-0.05, 0) is 42.5 Å². The van der Waals surface area contributed by atoms with Crippen molar-refractivity contribution in [2.24, 2.45) is 11.8 Å². The average molecular weight is 410 g/mol. The maximum atomic E-state index is 14.2. The molecule has 6 nitrogen and oxygen atoms in total. The predicted molar refractivity (Wildman–Crippen MR) is 101 cm³/mol. The number of amides is 3. The second-order valence-corrected chi connectivity index (χ2v) is 8.47. The van der Waals surface area contributed by atoms with Crippen LogP contribution in [0.15, 0.2) is 42.5 Å². The summed E-state index contributed by atoms with van der Waals surface area (Å²) in [6.45, 7) is 0.637. The number of benzene rings is 2. The lowest BCUT2D eigenvalue weighted by atomic mass is 9.75. The summed E-state index contributed by atoms with van der Waals surface area (Å²) in [5, 5.41) is 2.82. The predicted octanol–water partition coefficient (Wildman–Crippen LogP) is 0.979. The van der Waals surface area contributed by atoms with Crippen LogP contribution in [0.1, 0.15) is 18.4 Å². The van der Waals surface area contributed by atoms with Crippen LogP contribution in [0.5, 0.6) is 0 Å². The second kappa shape index (κ2) is 5.72. The molecule has 2 aromatic carbocycles. The third-order valence-electron chi connectivity index (χ3n) is 7.26. The molecular weight excluding hydrogens is 392 g/mol. The molecular formula is C22H18F2N3O3+. The summed E-state index contributed by atoms with van der Waals surface area (Å²) in [5.41, 5.74) is -0.108. The number of hydrogen-bond acceptors (Lipinski definition) is 3. The number of carbonyl (C=O) groups is 3. The van der Waals surface area contributed by atoms with Crippen molar-refractivity contribution in [1.82, 2.24) is 0 Å². The summed E-state index contributed by atoms with van der Waals surface area (Å²) in [7, 11) is 0. The highest BCUT2D eigenvalue weighted by atomic mass is 19.1. The van der Waals surface area contributed by atoms with Crippen molar-refractivity contribution in [3.63, 3.8) is 0 Å². The van der Waals surface area contributed by atoms with Crippen LogP contribution in [0.4, 0.5) is 20.2 Å². The largest absolute Gasteiger partial charge is 0.320 e. The zero-order valence-electron chi connectivity index (χ0n) is 15.8. The lowest BCUT2D eigenvalue weighted by Gasteiger charge is -2.33. The van der Waals surface area contributed by atoms with Crippen molar-refractivity contribution in [2.75, 3.05) is 16.8 Å². The molecule has 30 heavy (non-hydrogen) atoms. The van der Waals surface area contributed by atoms with E-state index in [2.05, 4.69) is 5.32 Å². The molecule has 2 N–H and O–H groups in total. The molecule has 3 saturated heterocycles. The van der Waals surface area contributed by atoms with Crippen LogP contribution in [0.2, 0.25) is 0 Å². The van der Waals surface area contributed by atoms with Gasteiger partial charge in [-0.25, -0.2) is 13.7 Å². The lowest BCUT2D eigenvalue weighted by molar-refractivity contribution is -0.948. The third-order valence-corrected chi connectivity index (χ3v) is 7.26. The van der Waals surface area contributed by atoms with Crippen molar-refractivity contribution in [3.05, 3.63) is 59.7 Å². The number of anilines is 2. The Balaban J connectivity index is 1.56. The highest BCUT2D eigenvalue weighted by Gasteiger charge is 2.78. The Labute approximate surface area is 170 Å². The molecule has 4 aliphatic heterocycles. The van der Waals surface area contributed by atoms with Gasteiger partial charge in [0, 0.05) is 18.4 Å². The molecule has 0 aliphatic carbocycles. The number of nitrogens with zero attached hydrogens (tertiary/aromatic N) is 1. The van der Waals surface area contributed by atoms with Gasteiger partial charge in [-0.2, -0.15) is 0 Å². The van der Waals surface area contributed by atoms with E-state index in [-0.39, 0.29) is 23.5 Å². The van der Waals surface area contributed by atoms with Crippen LogP contribution in [-0.2, 0) is 19.9 Å². The monoisotopic (exact) mass is 410 g/mol. The lowest BCUT2D eigenvalue weighted by Crippen LogP contribution is -3.19. The summed E-state index contributed by atoms with van der Waals surface area (Å²) < 4.78 is 27.6. The van der Waals surface area contributed by atoms with Crippen molar-refractivity contribution < 1.29 is 28.1 Å². The third kappa shape index (κ3) is 1.92. The fraction of sp³-hybridized carbons (Fsp3) is 0.318. The smallest absolute Gasteiger partial charge is 0.291 e. The fourth-order valence-corrected chi connectivity index (χ4v) is 6.28. The van der Waals surface area contributed by atoms with Crippen LogP contribution in [-0.4, -0.2) is 30.3 Å². The SMILES string of the molecule is O=C1[C@@H]2[C@H]3CCC[NH+]3[C@@]3(C(=O)Nc4ccc(F)cc43)[C@@H]2C(=O)N1c1ccc(F)cc1. The Kier molecular flexibility index (Phi) is 3.38. The number of rotatable bonds is 1. The first-order valence-electron chi connectivity index (χ1n) is 10.1. The molecule has 6 rings (SSSR count). The van der Waals surface area contributed by atoms with Gasteiger partial charge in [0.25, 0.3) is 5.91 Å². The van der Waals surface area contributed by atoms with Crippen molar-refractivity contribution in [2.45, 2.75) is 24.4 Å². The summed E-state index contributed by atoms with van der Waals surface area (Å²) in [6.07, 6.45) is 1.54. The van der Waals surface area contributed by atoms with E-state index in [0.29, 0.717) is 24.2 Å². The molecule has 0 aromatic heterocycles. The Bertz CT molecular complexity index is 1130. The van der Waals surface area contributed by atoms with Gasteiger partial charge in [0.05, 0.1) is 17.9 Å². The van der Waals surface area contributed by atoms with E-state index >= 15 is 0 Å². The molecule has 3 amide bonds.